The molecule has 0 atom stereocenters. The van der Waals surface area contributed by atoms with Crippen LogP contribution < -0.4 is 9.47 Å². The predicted octanol–water partition coefficient (Wildman–Crippen LogP) is 24.3. The van der Waals surface area contributed by atoms with Crippen LogP contribution in [0.4, 0.5) is 0 Å². The van der Waals surface area contributed by atoms with Gasteiger partial charge in [-0.05, 0) is 224 Å². The number of fused-ring (bicyclic) bond motifs is 6. The minimum absolute atomic E-state index is 0.0350. The van der Waals surface area contributed by atoms with Crippen molar-refractivity contribution in [1.82, 2.24) is 9.13 Å². The van der Waals surface area contributed by atoms with Gasteiger partial charge in [0.25, 0.3) is 0 Å². The fourth-order valence-corrected chi connectivity index (χ4v) is 15.2. The first-order chi connectivity index (χ1) is 42.8. The zero-order valence-electron chi connectivity index (χ0n) is 61.7. The van der Waals surface area contributed by atoms with Crippen LogP contribution in [0.15, 0.2) is 121 Å². The number of nitrogens with zero attached hydrogens (tertiary/aromatic N) is 2. The van der Waals surface area contributed by atoms with Crippen LogP contribution in [0.1, 0.15) is 227 Å². The Labute approximate surface area is 558 Å². The van der Waals surface area contributed by atoms with Crippen molar-refractivity contribution in [1.29, 1.82) is 0 Å². The molecule has 2 aromatic heterocycles. The molecule has 8 aromatic carbocycles. The van der Waals surface area contributed by atoms with E-state index in [1.54, 1.807) is 0 Å². The summed E-state index contributed by atoms with van der Waals surface area (Å²) in [5, 5.41) is 31.3. The van der Waals surface area contributed by atoms with Gasteiger partial charge in [0.15, 0.2) is 0 Å². The fraction of sp³-hybridized carbons (Fsp3) is 0.448. The zero-order chi connectivity index (χ0) is 68.4. The van der Waals surface area contributed by atoms with Gasteiger partial charge in [-0.1, -0.05) is 189 Å². The van der Waals surface area contributed by atoms with Crippen molar-refractivity contribution in [3.05, 3.63) is 177 Å². The molecule has 0 fully saturated rings. The number of aromatic nitrogens is 2. The molecule has 2 heterocycles. The summed E-state index contributed by atoms with van der Waals surface area (Å²) in [6.45, 7) is 59.8. The van der Waals surface area contributed by atoms with Crippen molar-refractivity contribution in [3.63, 3.8) is 0 Å². The van der Waals surface area contributed by atoms with Crippen molar-refractivity contribution >= 4 is 43.6 Å². The molecule has 0 aliphatic carbocycles. The van der Waals surface area contributed by atoms with Gasteiger partial charge in [-0.15, -0.1) is 0 Å². The first-order valence-corrected chi connectivity index (χ1v) is 34.3. The highest BCUT2D eigenvalue weighted by molar-refractivity contribution is 6.11. The molecule has 0 unspecified atom stereocenters. The Bertz CT molecular complexity index is 4100. The topological polar surface area (TPSA) is 68.8 Å². The van der Waals surface area contributed by atoms with E-state index in [1.807, 2.05) is 0 Å². The lowest BCUT2D eigenvalue weighted by Crippen LogP contribution is -2.25. The van der Waals surface area contributed by atoms with Gasteiger partial charge < -0.3 is 28.8 Å². The summed E-state index contributed by atoms with van der Waals surface area (Å²) in [7, 11) is 0. The maximum Gasteiger partial charge on any atom is 0.147 e. The minimum atomic E-state index is -0.266. The second kappa shape index (κ2) is 23.8. The van der Waals surface area contributed by atoms with Gasteiger partial charge in [0, 0.05) is 50.2 Å². The molecule has 0 spiro atoms. The smallest absolute Gasteiger partial charge is 0.147 e. The molecule has 0 saturated heterocycles. The Morgan fingerprint density at radius 2 is 0.602 bits per heavy atom. The van der Waals surface area contributed by atoms with Crippen LogP contribution in [-0.2, 0) is 32.5 Å². The van der Waals surface area contributed by atoms with Gasteiger partial charge in [-0.3, -0.25) is 0 Å². The molecule has 0 aliphatic rings. The monoisotopic (exact) mass is 1250 g/mol. The van der Waals surface area contributed by atoms with Gasteiger partial charge in [0.05, 0.1) is 46.7 Å². The molecule has 0 aliphatic heterocycles. The third-order valence-electron chi connectivity index (χ3n) is 19.4. The normalized spacial score (nSPS) is 13.4. The van der Waals surface area contributed by atoms with Crippen LogP contribution in [0, 0.1) is 38.5 Å². The summed E-state index contributed by atoms with van der Waals surface area (Å²) < 4.78 is 18.7. The van der Waals surface area contributed by atoms with Crippen molar-refractivity contribution in [3.8, 4) is 56.6 Å². The molecule has 6 nitrogen and oxygen atoms in total. The first kappa shape index (κ1) is 68.4. The van der Waals surface area contributed by atoms with Crippen molar-refractivity contribution in [2.45, 2.75) is 232 Å². The summed E-state index contributed by atoms with van der Waals surface area (Å²) in [5.41, 5.74) is 19.8. The largest absolute Gasteiger partial charge is 0.505 e. The van der Waals surface area contributed by atoms with Gasteiger partial charge in [-0.2, -0.15) is 0 Å². The lowest BCUT2D eigenvalue weighted by molar-refractivity contribution is 0.246. The molecular weight excluding hydrogens is 1140 g/mol. The highest BCUT2D eigenvalue weighted by Gasteiger charge is 2.34. The molecule has 10 aromatic rings. The van der Waals surface area contributed by atoms with E-state index in [9.17, 15) is 10.2 Å². The molecule has 0 radical (unpaired) electrons. The highest BCUT2D eigenvalue weighted by atomic mass is 16.5. The quantitative estimate of drug-likeness (QED) is 0.106. The predicted molar refractivity (Wildman–Crippen MR) is 399 cm³/mol. The molecule has 0 amide bonds. The molecule has 10 rings (SSSR count). The summed E-state index contributed by atoms with van der Waals surface area (Å²) in [4.78, 5) is 0. The van der Waals surface area contributed by atoms with Gasteiger partial charge in [0.2, 0.25) is 0 Å². The lowest BCUT2D eigenvalue weighted by atomic mass is 9.71. The van der Waals surface area contributed by atoms with Crippen LogP contribution in [0.5, 0.6) is 23.0 Å². The van der Waals surface area contributed by atoms with Crippen LogP contribution in [0.25, 0.3) is 77.2 Å². The number of ether oxygens (including phenoxy) is 2. The number of rotatable bonds is 14. The van der Waals surface area contributed by atoms with Gasteiger partial charge in [0.1, 0.15) is 23.0 Å². The molecule has 6 heteroatoms. The van der Waals surface area contributed by atoms with E-state index in [2.05, 4.69) is 310 Å². The summed E-state index contributed by atoms with van der Waals surface area (Å²) >= 11 is 0. The van der Waals surface area contributed by atoms with E-state index in [0.717, 1.165) is 113 Å². The third-order valence-corrected chi connectivity index (χ3v) is 19.4. The number of phenols is 2. The van der Waals surface area contributed by atoms with Crippen LogP contribution in [-0.4, -0.2) is 32.6 Å². The third kappa shape index (κ3) is 13.8. The maximum atomic E-state index is 13.3. The lowest BCUT2D eigenvalue weighted by Gasteiger charge is -2.34. The fourth-order valence-electron chi connectivity index (χ4n) is 15.2. The summed E-state index contributed by atoms with van der Waals surface area (Å²) in [5.74, 6) is 1.91. The van der Waals surface area contributed by atoms with Crippen LogP contribution in [0.3, 0.4) is 0 Å². The van der Waals surface area contributed by atoms with Gasteiger partial charge in [-0.25, -0.2) is 0 Å². The summed E-state index contributed by atoms with van der Waals surface area (Å²) in [6.07, 6.45) is 2.44. The molecule has 0 saturated carbocycles. The maximum absolute atomic E-state index is 13.3. The van der Waals surface area contributed by atoms with E-state index in [-0.39, 0.29) is 54.8 Å². The Kier molecular flexibility index (Phi) is 17.5. The van der Waals surface area contributed by atoms with E-state index in [1.165, 1.54) is 43.8 Å². The zero-order valence-corrected chi connectivity index (χ0v) is 61.7. The van der Waals surface area contributed by atoms with Crippen LogP contribution in [0.2, 0.25) is 0 Å². The SMILES string of the molecule is Cc1cc(C)c(OCCCOc2c(C)cc(C)cc2-c2cc(C(C)(C)CC(C)(C)C)cc(-n3c4ccc(C(C)(C)C)cc4c4cc(C(C)(C)C)ccc43)c2O)c(-c2cc(C(C)(C)CC(C)(C)C)cc(-n3c4ccc(C(C)(C)C)cc4c4cc(C(C)(C)C)ccc43)c2O)c1. The number of aryl methyl sites for hydroxylation is 4. The van der Waals surface area contributed by atoms with E-state index in [0.29, 0.717) is 19.6 Å². The second-order valence-electron chi connectivity index (χ2n) is 35.6. The number of hydrogen-bond acceptors (Lipinski definition) is 4. The average Bonchev–Trinajstić information content (AvgIpc) is 1.63. The van der Waals surface area contributed by atoms with E-state index in [4.69, 9.17) is 9.47 Å². The molecule has 0 bridgehead atoms. The van der Waals surface area contributed by atoms with Crippen molar-refractivity contribution < 1.29 is 19.7 Å². The highest BCUT2D eigenvalue weighted by Crippen LogP contribution is 2.51. The molecule has 2 N–H and O–H groups in total. The standard InChI is InChI=1S/C87H110N2O4/c1-52-38-54(3)78(68(40-52)66-46-60(86(23,24)50-80(5,6)7)48-74(76(66)90)88-70-32-28-56(82(11,12)13)42-62(70)63-43-57(83(14,15)16)29-33-71(63)88)92-36-27-37-93-79-55(4)39-53(2)41-69(79)67-47-61(87(25,26)51-81(8,9)10)49-75(77(67)91)89-72-34-30-58(84(17,18)19)44-64(72)65-45-59(85(20,21)22)31-35-73(65)89/h28-35,38-49,90-91H,27,36-37,50-51H2,1-26H3. The van der Waals surface area contributed by atoms with Gasteiger partial charge >= 0.3 is 0 Å². The first-order valence-electron chi connectivity index (χ1n) is 34.3. The Hall–Kier alpha value is -7.44. The number of hydrogen-bond donors (Lipinski definition) is 2. The Morgan fingerprint density at radius 3 is 0.860 bits per heavy atom. The number of benzene rings is 8. The molecule has 93 heavy (non-hydrogen) atoms. The Balaban J connectivity index is 1.06. The Morgan fingerprint density at radius 1 is 0.323 bits per heavy atom. The minimum Gasteiger partial charge on any atom is -0.505 e. The van der Waals surface area contributed by atoms with E-state index < -0.39 is 0 Å². The average molecular weight is 1250 g/mol. The van der Waals surface area contributed by atoms with E-state index >= 15 is 0 Å². The molecule has 492 valence electrons. The second-order valence-corrected chi connectivity index (χ2v) is 35.6. The van der Waals surface area contributed by atoms with Crippen LogP contribution >= 0.6 is 0 Å². The number of phenolic OH excluding ortho intramolecular Hbond substituents is 2. The molecular formula is C87H110N2O4. The van der Waals surface area contributed by atoms with Crippen molar-refractivity contribution in [2.24, 2.45) is 10.8 Å². The number of aromatic hydroxyl groups is 2. The summed E-state index contributed by atoms with van der Waals surface area (Å²) in [6, 6.07) is 45.3. The van der Waals surface area contributed by atoms with Crippen molar-refractivity contribution in [2.75, 3.05) is 13.2 Å².